The third-order valence-electron chi connectivity index (χ3n) is 7.27. The van der Waals surface area contributed by atoms with Crippen molar-refractivity contribution in [3.8, 4) is 0 Å². The molecular weight excluding hydrogens is 470 g/mol. The number of amides is 2. The van der Waals surface area contributed by atoms with Gasteiger partial charge in [0.25, 0.3) is 11.5 Å². The molecule has 2 heterocycles. The highest BCUT2D eigenvalue weighted by Crippen LogP contribution is 2.31. The summed E-state index contributed by atoms with van der Waals surface area (Å²) in [5.74, 6) is -0.665. The van der Waals surface area contributed by atoms with Gasteiger partial charge in [-0.25, -0.2) is 0 Å². The summed E-state index contributed by atoms with van der Waals surface area (Å²) in [6, 6.07) is 5.93. The number of aliphatic hydroxyl groups excluding tert-OH is 1. The number of rotatable bonds is 8. The van der Waals surface area contributed by atoms with Gasteiger partial charge < -0.3 is 31.0 Å². The summed E-state index contributed by atoms with van der Waals surface area (Å²) in [6.07, 6.45) is 8.13. The number of aromatic nitrogens is 1. The lowest BCUT2D eigenvalue weighted by Crippen LogP contribution is -2.36. The van der Waals surface area contributed by atoms with Crippen molar-refractivity contribution in [2.45, 2.75) is 58.5 Å². The fourth-order valence-corrected chi connectivity index (χ4v) is 5.21. The number of aryl methyl sites for hydroxylation is 2. The summed E-state index contributed by atoms with van der Waals surface area (Å²) in [7, 11) is 0. The van der Waals surface area contributed by atoms with E-state index >= 15 is 0 Å². The number of nitrogens with zero attached hydrogens (tertiary/aromatic N) is 1. The van der Waals surface area contributed by atoms with Gasteiger partial charge in [0.05, 0.1) is 5.56 Å². The first-order valence-electron chi connectivity index (χ1n) is 12.8. The number of hydrogen-bond donors (Lipinski definition) is 5. The highest BCUT2D eigenvalue weighted by Gasteiger charge is 2.23. The molecular formula is C28H35N5O4. The number of aromatic amines is 1. The quantitative estimate of drug-likeness (QED) is 0.351. The van der Waals surface area contributed by atoms with E-state index in [4.69, 9.17) is 5.41 Å². The first-order valence-corrected chi connectivity index (χ1v) is 12.8. The molecule has 1 aromatic heterocycles. The molecule has 1 aliphatic heterocycles. The van der Waals surface area contributed by atoms with E-state index < -0.39 is 6.61 Å². The highest BCUT2D eigenvalue weighted by molar-refractivity contribution is 6.06. The first kappa shape index (κ1) is 26.3. The molecule has 0 saturated heterocycles. The Bertz CT molecular complexity index is 1290. The SMILES string of the molecule is Cc1cc(C)c(CNC(=O)c2cc(C3=CCN(C(=O)CO)CC3)cc(NC3CCCC3)c2C=N)c(=O)[nH]1. The van der Waals surface area contributed by atoms with E-state index in [2.05, 4.69) is 15.6 Å². The Balaban J connectivity index is 1.66. The van der Waals surface area contributed by atoms with Crippen molar-refractivity contribution in [2.75, 3.05) is 25.0 Å². The maximum atomic E-state index is 13.4. The molecule has 37 heavy (non-hydrogen) atoms. The molecule has 2 amide bonds. The van der Waals surface area contributed by atoms with E-state index in [0.29, 0.717) is 36.2 Å². The average molecular weight is 506 g/mol. The van der Waals surface area contributed by atoms with E-state index in [9.17, 15) is 19.5 Å². The Kier molecular flexibility index (Phi) is 8.23. The smallest absolute Gasteiger partial charge is 0.253 e. The number of anilines is 1. The third-order valence-corrected chi connectivity index (χ3v) is 7.27. The zero-order valence-electron chi connectivity index (χ0n) is 21.4. The summed E-state index contributed by atoms with van der Waals surface area (Å²) < 4.78 is 0. The second-order valence-electron chi connectivity index (χ2n) is 9.86. The van der Waals surface area contributed by atoms with Crippen LogP contribution in [0.25, 0.3) is 5.57 Å². The number of nitrogens with one attached hydrogen (secondary N) is 4. The standard InChI is InChI=1S/C28H35N5O4/c1-17-11-18(2)31-28(37)24(17)15-30-27(36)22-12-20(19-7-9-33(10-8-19)26(35)16-34)13-25(23(22)14-29)32-21-5-3-4-6-21/h7,11-14,21,29,32,34H,3-6,8-10,15-16H2,1-2H3,(H,30,36)(H,31,37). The summed E-state index contributed by atoms with van der Waals surface area (Å²) >= 11 is 0. The second kappa shape index (κ2) is 11.6. The predicted octanol–water partition coefficient (Wildman–Crippen LogP) is 2.88. The lowest BCUT2D eigenvalue weighted by atomic mass is 9.93. The number of benzene rings is 1. The van der Waals surface area contributed by atoms with E-state index in [1.54, 1.807) is 11.0 Å². The van der Waals surface area contributed by atoms with Gasteiger partial charge in [-0.05, 0) is 68.0 Å². The van der Waals surface area contributed by atoms with E-state index in [-0.39, 0.29) is 30.0 Å². The zero-order chi connectivity index (χ0) is 26.5. The van der Waals surface area contributed by atoms with Crippen LogP contribution in [-0.2, 0) is 11.3 Å². The lowest BCUT2D eigenvalue weighted by molar-refractivity contribution is -0.133. The van der Waals surface area contributed by atoms with Crippen LogP contribution < -0.4 is 16.2 Å². The number of pyridine rings is 1. The maximum Gasteiger partial charge on any atom is 0.253 e. The average Bonchev–Trinajstić information content (AvgIpc) is 3.40. The van der Waals surface area contributed by atoms with E-state index in [1.165, 1.54) is 6.21 Å². The molecule has 0 spiro atoms. The summed E-state index contributed by atoms with van der Waals surface area (Å²) in [4.78, 5) is 42.1. The minimum Gasteiger partial charge on any atom is -0.387 e. The van der Waals surface area contributed by atoms with Gasteiger partial charge in [0, 0.05) is 54.4 Å². The molecule has 9 heteroatoms. The summed E-state index contributed by atoms with van der Waals surface area (Å²) in [6.45, 7) is 4.10. The van der Waals surface area contributed by atoms with Crippen LogP contribution in [0.1, 0.15) is 70.4 Å². The second-order valence-corrected chi connectivity index (χ2v) is 9.86. The van der Waals surface area contributed by atoms with Crippen molar-refractivity contribution in [2.24, 2.45) is 0 Å². The van der Waals surface area contributed by atoms with Crippen molar-refractivity contribution in [1.82, 2.24) is 15.2 Å². The molecule has 0 bridgehead atoms. The summed E-state index contributed by atoms with van der Waals surface area (Å²) in [5.41, 5.74) is 5.32. The van der Waals surface area contributed by atoms with E-state index in [1.807, 2.05) is 32.1 Å². The highest BCUT2D eigenvalue weighted by atomic mass is 16.3. The van der Waals surface area contributed by atoms with Crippen LogP contribution in [0.2, 0.25) is 0 Å². The van der Waals surface area contributed by atoms with Crippen LogP contribution in [0, 0.1) is 19.3 Å². The van der Waals surface area contributed by atoms with Gasteiger partial charge in [-0.1, -0.05) is 18.9 Å². The molecule has 0 atom stereocenters. The monoisotopic (exact) mass is 505 g/mol. The van der Waals surface area contributed by atoms with Gasteiger partial charge in [-0.2, -0.15) is 0 Å². The van der Waals surface area contributed by atoms with Crippen molar-refractivity contribution in [3.63, 3.8) is 0 Å². The Morgan fingerprint density at radius 1 is 1.22 bits per heavy atom. The number of aliphatic hydroxyl groups is 1. The molecule has 0 unspecified atom stereocenters. The Labute approximate surface area is 216 Å². The molecule has 1 saturated carbocycles. The molecule has 196 valence electrons. The van der Waals surface area contributed by atoms with E-state index in [0.717, 1.165) is 53.8 Å². The molecule has 1 aromatic carbocycles. The van der Waals surface area contributed by atoms with Gasteiger partial charge in [-0.15, -0.1) is 0 Å². The Morgan fingerprint density at radius 3 is 2.59 bits per heavy atom. The third kappa shape index (κ3) is 5.99. The van der Waals surface area contributed by atoms with Crippen molar-refractivity contribution in [3.05, 3.63) is 68.1 Å². The van der Waals surface area contributed by atoms with Crippen LogP contribution in [-0.4, -0.2) is 58.8 Å². The minimum atomic E-state index is -0.514. The summed E-state index contributed by atoms with van der Waals surface area (Å²) in [5, 5.41) is 23.7. The number of carbonyl (C=O) groups is 2. The van der Waals surface area contributed by atoms with Gasteiger partial charge >= 0.3 is 0 Å². The molecule has 5 N–H and O–H groups in total. The number of H-pyrrole nitrogens is 1. The Morgan fingerprint density at radius 2 is 1.97 bits per heavy atom. The van der Waals surface area contributed by atoms with Crippen LogP contribution in [0.4, 0.5) is 5.69 Å². The minimum absolute atomic E-state index is 0.0776. The molecule has 0 radical (unpaired) electrons. The Hall–Kier alpha value is -3.72. The van der Waals surface area contributed by atoms with Crippen LogP contribution in [0.5, 0.6) is 0 Å². The molecule has 1 fully saturated rings. The van der Waals surface area contributed by atoms with Gasteiger partial charge in [0.1, 0.15) is 6.61 Å². The normalized spacial score (nSPS) is 15.9. The molecule has 1 aliphatic carbocycles. The van der Waals surface area contributed by atoms with Gasteiger partial charge in [0.15, 0.2) is 0 Å². The molecule has 2 aliphatic rings. The lowest BCUT2D eigenvalue weighted by Gasteiger charge is -2.27. The topological polar surface area (TPSA) is 138 Å². The fraction of sp³-hybridized carbons (Fsp3) is 0.429. The fourth-order valence-electron chi connectivity index (χ4n) is 5.21. The van der Waals surface area contributed by atoms with Crippen LogP contribution in [0.3, 0.4) is 0 Å². The van der Waals surface area contributed by atoms with Crippen molar-refractivity contribution >= 4 is 29.3 Å². The largest absolute Gasteiger partial charge is 0.387 e. The van der Waals surface area contributed by atoms with Crippen molar-refractivity contribution < 1.29 is 14.7 Å². The number of carbonyl (C=O) groups excluding carboxylic acids is 2. The predicted molar refractivity (Wildman–Crippen MR) is 144 cm³/mol. The maximum absolute atomic E-state index is 13.4. The molecule has 4 rings (SSSR count). The molecule has 9 nitrogen and oxygen atoms in total. The van der Waals surface area contributed by atoms with Crippen LogP contribution >= 0.6 is 0 Å². The number of hydrogen-bond acceptors (Lipinski definition) is 6. The van der Waals surface area contributed by atoms with Gasteiger partial charge in [-0.3, -0.25) is 14.4 Å². The van der Waals surface area contributed by atoms with Gasteiger partial charge in [0.2, 0.25) is 5.91 Å². The van der Waals surface area contributed by atoms with Crippen LogP contribution in [0.15, 0.2) is 29.1 Å². The first-order chi connectivity index (χ1) is 17.8. The zero-order valence-corrected chi connectivity index (χ0v) is 21.4. The molecule has 2 aromatic rings. The van der Waals surface area contributed by atoms with Crippen molar-refractivity contribution in [1.29, 1.82) is 5.41 Å².